The summed E-state index contributed by atoms with van der Waals surface area (Å²) >= 11 is 0. The summed E-state index contributed by atoms with van der Waals surface area (Å²) in [5, 5.41) is 5.63. The second kappa shape index (κ2) is 8.33. The molecule has 1 aliphatic rings. The highest BCUT2D eigenvalue weighted by Crippen LogP contribution is 2.22. The van der Waals surface area contributed by atoms with Gasteiger partial charge in [0.1, 0.15) is 5.82 Å². The maximum absolute atomic E-state index is 13.0. The van der Waals surface area contributed by atoms with E-state index in [4.69, 9.17) is 0 Å². The van der Waals surface area contributed by atoms with E-state index in [2.05, 4.69) is 29.5 Å². The van der Waals surface area contributed by atoms with Gasteiger partial charge in [-0.15, -0.1) is 0 Å². The van der Waals surface area contributed by atoms with Crippen LogP contribution in [0.1, 0.15) is 59.9 Å². The lowest BCUT2D eigenvalue weighted by molar-refractivity contribution is 0.0936. The molecule has 1 aliphatic heterocycles. The molecule has 2 amide bonds. The number of nitrogens with zero attached hydrogens (tertiary/aromatic N) is 2. The molecule has 0 saturated carbocycles. The summed E-state index contributed by atoms with van der Waals surface area (Å²) in [6.45, 7) is 5.46. The molecule has 2 aromatic rings. The van der Waals surface area contributed by atoms with Gasteiger partial charge in [-0.25, -0.2) is 9.37 Å². The van der Waals surface area contributed by atoms with Crippen molar-refractivity contribution in [3.63, 3.8) is 0 Å². The first-order valence-corrected chi connectivity index (χ1v) is 9.40. The molecule has 0 spiro atoms. The molecule has 0 atom stereocenters. The lowest BCUT2D eigenvalue weighted by atomic mass is 10.1. The molecule has 3 rings (SSSR count). The third kappa shape index (κ3) is 4.53. The van der Waals surface area contributed by atoms with E-state index in [0.717, 1.165) is 25.0 Å². The second-order valence-corrected chi connectivity index (χ2v) is 7.24. The molecule has 0 aliphatic carbocycles. The lowest BCUT2D eigenvalue weighted by Crippen LogP contribution is -2.29. The first-order chi connectivity index (χ1) is 13.0. The summed E-state index contributed by atoms with van der Waals surface area (Å²) in [5.41, 5.74) is 1.55. The molecule has 0 saturated heterocycles. The number of benzene rings is 1. The fraction of sp³-hybridized carbons (Fsp3) is 0.450. The Hall–Kier alpha value is -2.70. The minimum absolute atomic E-state index is 0.250. The zero-order valence-electron chi connectivity index (χ0n) is 15.7. The monoisotopic (exact) mass is 372 g/mol. The number of rotatable bonds is 6. The predicted octanol–water partition coefficient (Wildman–Crippen LogP) is 3.39. The van der Waals surface area contributed by atoms with Crippen LogP contribution >= 0.6 is 0 Å². The van der Waals surface area contributed by atoms with E-state index in [-0.39, 0.29) is 29.1 Å². The van der Waals surface area contributed by atoms with Crippen LogP contribution in [0.25, 0.3) is 0 Å². The summed E-state index contributed by atoms with van der Waals surface area (Å²) in [6.07, 6.45) is 3.50. The number of imidazole rings is 1. The van der Waals surface area contributed by atoms with Crippen LogP contribution in [0.15, 0.2) is 24.3 Å². The second-order valence-electron chi connectivity index (χ2n) is 7.24. The third-order valence-corrected chi connectivity index (χ3v) is 4.65. The van der Waals surface area contributed by atoms with E-state index in [9.17, 15) is 14.0 Å². The molecule has 27 heavy (non-hydrogen) atoms. The molecular weight excluding hydrogens is 347 g/mol. The highest BCUT2D eigenvalue weighted by atomic mass is 19.1. The average Bonchev–Trinajstić information content (AvgIpc) is 3.03. The maximum atomic E-state index is 13.0. The standard InChI is InChI=1S/C20H25FN4O2/c1-13(2)10-11-22-20(27)18-24-17(16-5-3-4-12-25(16)18)19(26)23-15-8-6-14(21)7-9-15/h6-9,13H,3-5,10-12H2,1-2H3,(H,22,27)(H,23,26). The van der Waals surface area contributed by atoms with Crippen LogP contribution in [0.4, 0.5) is 10.1 Å². The van der Waals surface area contributed by atoms with Gasteiger partial charge in [0.25, 0.3) is 11.8 Å². The van der Waals surface area contributed by atoms with Crippen molar-refractivity contribution in [3.05, 3.63) is 47.3 Å². The zero-order valence-corrected chi connectivity index (χ0v) is 15.7. The fourth-order valence-corrected chi connectivity index (χ4v) is 3.18. The van der Waals surface area contributed by atoms with Crippen LogP contribution < -0.4 is 10.6 Å². The SMILES string of the molecule is CC(C)CCNC(=O)c1nc(C(=O)Nc2ccc(F)cc2)c2n1CCCC2. The van der Waals surface area contributed by atoms with E-state index < -0.39 is 0 Å². The van der Waals surface area contributed by atoms with E-state index >= 15 is 0 Å². The van der Waals surface area contributed by atoms with Crippen LogP contribution in [0.5, 0.6) is 0 Å². The number of fused-ring (bicyclic) bond motifs is 1. The Labute approximate surface area is 158 Å². The van der Waals surface area contributed by atoms with E-state index in [1.807, 2.05) is 4.57 Å². The highest BCUT2D eigenvalue weighted by molar-refractivity contribution is 6.05. The molecule has 2 heterocycles. The van der Waals surface area contributed by atoms with Gasteiger partial charge < -0.3 is 15.2 Å². The van der Waals surface area contributed by atoms with Crippen molar-refractivity contribution in [2.24, 2.45) is 5.92 Å². The minimum Gasteiger partial charge on any atom is -0.349 e. The van der Waals surface area contributed by atoms with Gasteiger partial charge in [0, 0.05) is 18.8 Å². The van der Waals surface area contributed by atoms with Gasteiger partial charge >= 0.3 is 0 Å². The van der Waals surface area contributed by atoms with Gasteiger partial charge in [0.05, 0.1) is 5.69 Å². The Kier molecular flexibility index (Phi) is 5.88. The first kappa shape index (κ1) is 19.1. The molecule has 0 radical (unpaired) electrons. The molecule has 2 N–H and O–H groups in total. The maximum Gasteiger partial charge on any atom is 0.287 e. The van der Waals surface area contributed by atoms with Crippen LogP contribution in [0.3, 0.4) is 0 Å². The number of hydrogen-bond donors (Lipinski definition) is 2. The predicted molar refractivity (Wildman–Crippen MR) is 101 cm³/mol. The molecule has 1 aromatic heterocycles. The Morgan fingerprint density at radius 3 is 2.63 bits per heavy atom. The van der Waals surface area contributed by atoms with Gasteiger partial charge in [-0.3, -0.25) is 9.59 Å². The van der Waals surface area contributed by atoms with Gasteiger partial charge in [-0.05, 0) is 55.9 Å². The van der Waals surface area contributed by atoms with E-state index in [1.54, 1.807) is 0 Å². The zero-order chi connectivity index (χ0) is 19.4. The fourth-order valence-electron chi connectivity index (χ4n) is 3.18. The topological polar surface area (TPSA) is 76.0 Å². The average molecular weight is 372 g/mol. The van der Waals surface area contributed by atoms with Crippen LogP contribution in [0, 0.1) is 11.7 Å². The molecule has 0 bridgehead atoms. The smallest absolute Gasteiger partial charge is 0.287 e. The van der Waals surface area contributed by atoms with Crippen LogP contribution in [-0.2, 0) is 13.0 Å². The van der Waals surface area contributed by atoms with Crippen molar-refractivity contribution < 1.29 is 14.0 Å². The first-order valence-electron chi connectivity index (χ1n) is 9.40. The lowest BCUT2D eigenvalue weighted by Gasteiger charge is -2.17. The number of carbonyl (C=O) groups is 2. The van der Waals surface area contributed by atoms with Crippen molar-refractivity contribution in [1.82, 2.24) is 14.9 Å². The molecular formula is C20H25FN4O2. The van der Waals surface area contributed by atoms with Crippen molar-refractivity contribution >= 4 is 17.5 Å². The van der Waals surface area contributed by atoms with Crippen LogP contribution in [0.2, 0.25) is 0 Å². The summed E-state index contributed by atoms with van der Waals surface area (Å²) in [7, 11) is 0. The number of nitrogens with one attached hydrogen (secondary N) is 2. The number of hydrogen-bond acceptors (Lipinski definition) is 3. The number of aromatic nitrogens is 2. The molecule has 1 aromatic carbocycles. The summed E-state index contributed by atoms with van der Waals surface area (Å²) in [4.78, 5) is 29.6. The minimum atomic E-state index is -0.381. The molecule has 0 fully saturated rings. The van der Waals surface area contributed by atoms with Crippen molar-refractivity contribution in [2.45, 2.75) is 46.1 Å². The van der Waals surface area contributed by atoms with Crippen molar-refractivity contribution in [2.75, 3.05) is 11.9 Å². The number of halogens is 1. The summed E-state index contributed by atoms with van der Waals surface area (Å²) in [6, 6.07) is 5.56. The highest BCUT2D eigenvalue weighted by Gasteiger charge is 2.27. The van der Waals surface area contributed by atoms with E-state index in [1.165, 1.54) is 24.3 Å². The largest absolute Gasteiger partial charge is 0.349 e. The summed E-state index contributed by atoms with van der Waals surface area (Å²) < 4.78 is 14.9. The number of amides is 2. The quantitative estimate of drug-likeness (QED) is 0.816. The number of anilines is 1. The van der Waals surface area contributed by atoms with Crippen molar-refractivity contribution in [3.8, 4) is 0 Å². The summed E-state index contributed by atoms with van der Waals surface area (Å²) in [5.74, 6) is -0.213. The van der Waals surface area contributed by atoms with Crippen molar-refractivity contribution in [1.29, 1.82) is 0 Å². The number of carbonyl (C=O) groups excluding carboxylic acids is 2. The Morgan fingerprint density at radius 1 is 1.19 bits per heavy atom. The third-order valence-electron chi connectivity index (χ3n) is 4.65. The van der Waals surface area contributed by atoms with Crippen LogP contribution in [-0.4, -0.2) is 27.9 Å². The normalized spacial score (nSPS) is 13.3. The Morgan fingerprint density at radius 2 is 1.93 bits per heavy atom. The van der Waals surface area contributed by atoms with Gasteiger partial charge in [-0.2, -0.15) is 0 Å². The Balaban J connectivity index is 1.80. The Bertz CT molecular complexity index is 827. The molecule has 0 unspecified atom stereocenters. The molecule has 7 heteroatoms. The van der Waals surface area contributed by atoms with Gasteiger partial charge in [0.2, 0.25) is 0 Å². The van der Waals surface area contributed by atoms with E-state index in [0.29, 0.717) is 31.1 Å². The van der Waals surface area contributed by atoms with Gasteiger partial charge in [-0.1, -0.05) is 13.8 Å². The molecule has 6 nitrogen and oxygen atoms in total. The molecule has 144 valence electrons. The van der Waals surface area contributed by atoms with Gasteiger partial charge in [0.15, 0.2) is 11.5 Å².